The number of nitrogens with one attached hydrogen (secondary N) is 1. The van der Waals surface area contributed by atoms with Crippen LogP contribution in [0.3, 0.4) is 0 Å². The number of benzene rings is 1. The van der Waals surface area contributed by atoms with Gasteiger partial charge in [-0.3, -0.25) is 4.99 Å². The maximum Gasteiger partial charge on any atom is 0.134 e. The molecule has 0 radical (unpaired) electrons. The van der Waals surface area contributed by atoms with Gasteiger partial charge in [0.2, 0.25) is 0 Å². The van der Waals surface area contributed by atoms with Crippen molar-refractivity contribution in [2.45, 2.75) is 38.8 Å². The van der Waals surface area contributed by atoms with Gasteiger partial charge in [-0.05, 0) is 41.0 Å². The summed E-state index contributed by atoms with van der Waals surface area (Å²) in [6.07, 6.45) is 2.22. The van der Waals surface area contributed by atoms with Crippen LogP contribution >= 0.6 is 0 Å². The second-order valence-electron chi connectivity index (χ2n) is 6.75. The number of aliphatic hydroxyl groups excluding tert-OH is 5. The molecule has 1 aliphatic rings. The smallest absolute Gasteiger partial charge is 0.134 e. The number of rotatable bonds is 8. The minimum Gasteiger partial charge on any atom is -0.392 e. The van der Waals surface area contributed by atoms with Crippen molar-refractivity contribution in [1.29, 1.82) is 5.26 Å². The van der Waals surface area contributed by atoms with Gasteiger partial charge in [-0.1, -0.05) is 12.1 Å². The lowest BCUT2D eigenvalue weighted by Crippen LogP contribution is -2.07. The Hall–Kier alpha value is -2.54. The first-order valence-corrected chi connectivity index (χ1v) is 9.02. The van der Waals surface area contributed by atoms with Gasteiger partial charge in [-0.15, -0.1) is 0 Å². The number of hydrogen-bond acceptors (Lipinski definition) is 7. The van der Waals surface area contributed by atoms with Crippen molar-refractivity contribution in [3.63, 3.8) is 0 Å². The van der Waals surface area contributed by atoms with Gasteiger partial charge in [0, 0.05) is 17.3 Å². The molecule has 1 saturated carbocycles. The maximum absolute atomic E-state index is 10.8. The van der Waals surface area contributed by atoms with E-state index < -0.39 is 19.4 Å². The molecule has 1 fully saturated rings. The van der Waals surface area contributed by atoms with Crippen molar-refractivity contribution in [3.8, 4) is 17.2 Å². The molecule has 1 aromatic carbocycles. The molecule has 8 heteroatoms. The quantitative estimate of drug-likeness (QED) is 0.370. The van der Waals surface area contributed by atoms with E-state index in [2.05, 4.69) is 16.0 Å². The predicted octanol–water partition coefficient (Wildman–Crippen LogP) is 0.842. The van der Waals surface area contributed by atoms with E-state index in [1.807, 2.05) is 0 Å². The lowest BCUT2D eigenvalue weighted by atomic mass is 9.88. The molecule has 2 aromatic rings. The highest BCUT2D eigenvalue weighted by molar-refractivity contribution is 5.92. The lowest BCUT2D eigenvalue weighted by molar-refractivity contribution is 0.154. The summed E-state index contributed by atoms with van der Waals surface area (Å²) in [6, 6.07) is 5.38. The van der Waals surface area contributed by atoms with Crippen LogP contribution in [0.15, 0.2) is 17.1 Å². The third-order valence-corrected chi connectivity index (χ3v) is 5.13. The summed E-state index contributed by atoms with van der Waals surface area (Å²) in [4.78, 5) is 6.76. The van der Waals surface area contributed by atoms with E-state index in [0.29, 0.717) is 39.1 Å². The van der Waals surface area contributed by atoms with Crippen LogP contribution in [-0.4, -0.2) is 43.5 Å². The Balaban J connectivity index is 2.32. The highest BCUT2D eigenvalue weighted by Gasteiger charge is 2.36. The Morgan fingerprint density at radius 2 is 1.86 bits per heavy atom. The number of aromatic nitrogens is 1. The van der Waals surface area contributed by atoms with Crippen LogP contribution in [0.25, 0.3) is 11.1 Å². The van der Waals surface area contributed by atoms with Gasteiger partial charge in [-0.2, -0.15) is 5.26 Å². The van der Waals surface area contributed by atoms with Gasteiger partial charge >= 0.3 is 0 Å². The van der Waals surface area contributed by atoms with Gasteiger partial charge < -0.3 is 30.5 Å². The molecular weight excluding hydrogens is 362 g/mol. The Labute approximate surface area is 162 Å². The van der Waals surface area contributed by atoms with Gasteiger partial charge in [0.1, 0.15) is 18.5 Å². The molecule has 6 N–H and O–H groups in total. The first kappa shape index (κ1) is 20.2. The minimum absolute atomic E-state index is 0.0517. The number of aliphatic hydroxyl groups is 5. The Morgan fingerprint density at radius 3 is 2.39 bits per heavy atom. The van der Waals surface area contributed by atoms with Crippen LogP contribution in [0.1, 0.15) is 52.6 Å². The fourth-order valence-corrected chi connectivity index (χ4v) is 3.59. The molecule has 1 atom stereocenters. The summed E-state index contributed by atoms with van der Waals surface area (Å²) < 4.78 is 0. The average molecular weight is 385 g/mol. The number of nitriles is 1. The fourth-order valence-electron chi connectivity index (χ4n) is 3.59. The fraction of sp³-hybridized carbons (Fsp3) is 0.400. The predicted molar refractivity (Wildman–Crippen MR) is 101 cm³/mol. The Bertz CT molecular complexity index is 925. The van der Waals surface area contributed by atoms with Crippen molar-refractivity contribution in [2.24, 2.45) is 10.9 Å². The number of aromatic amines is 1. The van der Waals surface area contributed by atoms with Crippen LogP contribution in [0, 0.1) is 17.2 Å². The van der Waals surface area contributed by atoms with Crippen molar-refractivity contribution in [2.75, 3.05) is 6.73 Å². The van der Waals surface area contributed by atoms with Gasteiger partial charge in [0.25, 0.3) is 0 Å². The molecule has 28 heavy (non-hydrogen) atoms. The van der Waals surface area contributed by atoms with Crippen LogP contribution in [0.2, 0.25) is 0 Å². The van der Waals surface area contributed by atoms with Gasteiger partial charge in [0.15, 0.2) is 0 Å². The van der Waals surface area contributed by atoms with Crippen molar-refractivity contribution < 1.29 is 25.5 Å². The highest BCUT2D eigenvalue weighted by atomic mass is 16.3. The van der Waals surface area contributed by atoms with Crippen molar-refractivity contribution >= 4 is 6.21 Å². The van der Waals surface area contributed by atoms with E-state index in [4.69, 9.17) is 5.11 Å². The largest absolute Gasteiger partial charge is 0.392 e. The number of aliphatic imine (C=N–C) groups is 1. The Morgan fingerprint density at radius 1 is 1.14 bits per heavy atom. The summed E-state index contributed by atoms with van der Waals surface area (Å²) in [5.41, 5.74) is 3.33. The maximum atomic E-state index is 10.8. The molecule has 1 heterocycles. The molecule has 8 nitrogen and oxygen atoms in total. The van der Waals surface area contributed by atoms with Crippen molar-refractivity contribution in [1.82, 2.24) is 4.98 Å². The summed E-state index contributed by atoms with van der Waals surface area (Å²) >= 11 is 0. The molecule has 0 bridgehead atoms. The first-order chi connectivity index (χ1) is 13.6. The zero-order chi connectivity index (χ0) is 20.3. The van der Waals surface area contributed by atoms with Crippen LogP contribution < -0.4 is 0 Å². The highest BCUT2D eigenvalue weighted by Crippen LogP contribution is 2.46. The number of H-pyrrole nitrogens is 1. The molecule has 1 unspecified atom stereocenters. The second-order valence-corrected chi connectivity index (χ2v) is 6.75. The average Bonchev–Trinajstić information content (AvgIpc) is 3.51. The molecule has 0 spiro atoms. The number of hydrogen-bond donors (Lipinski definition) is 6. The monoisotopic (exact) mass is 385 g/mol. The molecule has 0 aliphatic heterocycles. The zero-order valence-corrected chi connectivity index (χ0v) is 15.3. The summed E-state index contributed by atoms with van der Waals surface area (Å²) in [5.74, 6) is 0.0517. The van der Waals surface area contributed by atoms with Crippen LogP contribution in [-0.2, 0) is 19.8 Å². The van der Waals surface area contributed by atoms with E-state index in [1.165, 1.54) is 6.21 Å². The third-order valence-electron chi connectivity index (χ3n) is 5.13. The van der Waals surface area contributed by atoms with E-state index in [-0.39, 0.29) is 24.8 Å². The van der Waals surface area contributed by atoms with Crippen LogP contribution in [0.4, 0.5) is 0 Å². The number of nitrogens with zero attached hydrogens (tertiary/aromatic N) is 2. The molecule has 148 valence electrons. The van der Waals surface area contributed by atoms with Gasteiger partial charge in [-0.25, -0.2) is 0 Å². The molecule has 1 aromatic heterocycles. The molecule has 0 amide bonds. The standard InChI is InChI=1S/C20H23N3O5/c21-5-16-19(20(28)11-1-2-11)18(17(23-16)6-22-10-27)13-4-3-12(7-24)14(8-25)15(13)9-26/h3-4,6,11,20,23-28H,1-2,7-10H2/b22-6+. The molecule has 1 aliphatic carbocycles. The van der Waals surface area contributed by atoms with E-state index in [9.17, 15) is 25.7 Å². The minimum atomic E-state index is -0.862. The second kappa shape index (κ2) is 8.65. The van der Waals surface area contributed by atoms with E-state index >= 15 is 0 Å². The lowest BCUT2D eigenvalue weighted by Gasteiger charge is -2.18. The molecule has 3 rings (SSSR count). The Kier molecular flexibility index (Phi) is 6.24. The van der Waals surface area contributed by atoms with Crippen LogP contribution in [0.5, 0.6) is 0 Å². The molecule has 0 saturated heterocycles. The topological polar surface area (TPSA) is 153 Å². The summed E-state index contributed by atoms with van der Waals surface area (Å²) in [5, 5.41) is 58.8. The summed E-state index contributed by atoms with van der Waals surface area (Å²) in [7, 11) is 0. The van der Waals surface area contributed by atoms with Crippen molar-refractivity contribution in [3.05, 3.63) is 45.8 Å². The normalized spacial score (nSPS) is 15.1. The summed E-state index contributed by atoms with van der Waals surface area (Å²) in [6.45, 7) is -1.52. The van der Waals surface area contributed by atoms with Gasteiger partial charge in [0.05, 0.1) is 31.6 Å². The van der Waals surface area contributed by atoms with E-state index in [0.717, 1.165) is 12.8 Å². The SMILES string of the molecule is N#Cc1[nH]c(/C=N/CO)c(-c2ccc(CO)c(CO)c2CO)c1C(O)C1CC1. The zero-order valence-electron chi connectivity index (χ0n) is 15.3. The first-order valence-electron chi connectivity index (χ1n) is 9.02. The molecular formula is C20H23N3O5. The third kappa shape index (κ3) is 3.58. The van der Waals surface area contributed by atoms with E-state index in [1.54, 1.807) is 12.1 Å².